The highest BCUT2D eigenvalue weighted by Crippen LogP contribution is 2.37. The monoisotopic (exact) mass is 276 g/mol. The number of ketones is 1. The fourth-order valence-electron chi connectivity index (χ4n) is 2.34. The molecule has 1 aliphatic heterocycles. The molecule has 5 heteroatoms. The highest BCUT2D eigenvalue weighted by Gasteiger charge is 2.33. The van der Waals surface area contributed by atoms with Gasteiger partial charge in [-0.2, -0.15) is 0 Å². The van der Waals surface area contributed by atoms with Crippen molar-refractivity contribution in [2.24, 2.45) is 5.73 Å². The lowest BCUT2D eigenvalue weighted by Gasteiger charge is -2.39. The molecule has 0 fully saturated rings. The van der Waals surface area contributed by atoms with E-state index >= 15 is 0 Å². The van der Waals surface area contributed by atoms with Gasteiger partial charge in [0.05, 0.1) is 12.2 Å². The minimum Gasteiger partial charge on any atom is -0.484 e. The summed E-state index contributed by atoms with van der Waals surface area (Å²) in [5.41, 5.74) is 6.17. The van der Waals surface area contributed by atoms with Crippen molar-refractivity contribution in [3.8, 4) is 5.75 Å². The maximum Gasteiger partial charge on any atom is 0.224 e. The van der Waals surface area contributed by atoms with Crippen LogP contribution >= 0.6 is 0 Å². The molecule has 2 rings (SSSR count). The van der Waals surface area contributed by atoms with Crippen LogP contribution in [0, 0.1) is 0 Å². The minimum atomic E-state index is -0.443. The van der Waals surface area contributed by atoms with Crippen molar-refractivity contribution in [3.05, 3.63) is 23.8 Å². The first-order valence-electron chi connectivity index (χ1n) is 6.68. The number of hydrogen-bond donors (Lipinski definition) is 1. The molecule has 0 bridgehead atoms. The maximum atomic E-state index is 11.9. The zero-order chi connectivity index (χ0) is 14.9. The molecule has 0 aromatic heterocycles. The third-order valence-electron chi connectivity index (χ3n) is 3.25. The van der Waals surface area contributed by atoms with E-state index in [1.165, 1.54) is 6.92 Å². The van der Waals surface area contributed by atoms with Gasteiger partial charge in [0.1, 0.15) is 11.4 Å². The first-order valence-corrected chi connectivity index (χ1v) is 6.68. The van der Waals surface area contributed by atoms with Crippen LogP contribution in [0.2, 0.25) is 0 Å². The summed E-state index contributed by atoms with van der Waals surface area (Å²) in [7, 11) is 0. The van der Waals surface area contributed by atoms with Gasteiger partial charge in [-0.15, -0.1) is 0 Å². The predicted molar refractivity (Wildman–Crippen MR) is 77.2 cm³/mol. The van der Waals surface area contributed by atoms with Gasteiger partial charge in [-0.1, -0.05) is 0 Å². The molecule has 20 heavy (non-hydrogen) atoms. The van der Waals surface area contributed by atoms with Gasteiger partial charge in [0.15, 0.2) is 5.78 Å². The lowest BCUT2D eigenvalue weighted by Crippen LogP contribution is -2.48. The number of carbonyl (C=O) groups excluding carboxylic acids is 2. The molecule has 0 unspecified atom stereocenters. The first kappa shape index (κ1) is 14.5. The summed E-state index contributed by atoms with van der Waals surface area (Å²) in [4.78, 5) is 25.4. The van der Waals surface area contributed by atoms with Crippen molar-refractivity contribution in [1.29, 1.82) is 0 Å². The maximum absolute atomic E-state index is 11.9. The van der Waals surface area contributed by atoms with E-state index in [0.29, 0.717) is 36.5 Å². The molecule has 2 N–H and O–H groups in total. The summed E-state index contributed by atoms with van der Waals surface area (Å²) < 4.78 is 5.86. The van der Waals surface area contributed by atoms with E-state index in [0.717, 1.165) is 0 Å². The Morgan fingerprint density at radius 2 is 2.10 bits per heavy atom. The quantitative estimate of drug-likeness (QED) is 0.853. The van der Waals surface area contributed by atoms with Gasteiger partial charge in [0.25, 0.3) is 0 Å². The molecule has 5 nitrogen and oxygen atoms in total. The Hall–Kier alpha value is -1.88. The molecule has 0 saturated heterocycles. The van der Waals surface area contributed by atoms with Gasteiger partial charge in [-0.25, -0.2) is 0 Å². The zero-order valence-electron chi connectivity index (χ0n) is 12.1. The number of ether oxygens (including phenoxy) is 1. The third-order valence-corrected chi connectivity index (χ3v) is 3.25. The summed E-state index contributed by atoms with van der Waals surface area (Å²) in [5.74, 6) is 0.537. The highest BCUT2D eigenvalue weighted by atomic mass is 16.5. The molecule has 0 saturated carbocycles. The van der Waals surface area contributed by atoms with E-state index in [9.17, 15) is 9.59 Å². The fraction of sp³-hybridized carbons (Fsp3) is 0.467. The number of anilines is 1. The van der Waals surface area contributed by atoms with Crippen molar-refractivity contribution < 1.29 is 14.3 Å². The van der Waals surface area contributed by atoms with E-state index in [4.69, 9.17) is 10.5 Å². The first-order chi connectivity index (χ1) is 9.34. The van der Waals surface area contributed by atoms with Gasteiger partial charge < -0.3 is 15.4 Å². The molecule has 1 heterocycles. The number of fused-ring (bicyclic) bond motifs is 1. The molecule has 0 radical (unpaired) electrons. The third kappa shape index (κ3) is 2.82. The van der Waals surface area contributed by atoms with Gasteiger partial charge >= 0.3 is 0 Å². The number of Topliss-reactive ketones (excluding diaryl/α,β-unsaturated/α-hetero) is 1. The van der Waals surface area contributed by atoms with Crippen LogP contribution in [0.5, 0.6) is 5.75 Å². The molecule has 0 aliphatic carbocycles. The Kier molecular flexibility index (Phi) is 3.81. The van der Waals surface area contributed by atoms with Crippen LogP contribution in [0.15, 0.2) is 18.2 Å². The second-order valence-corrected chi connectivity index (χ2v) is 5.61. The largest absolute Gasteiger partial charge is 0.484 e. The molecule has 1 aromatic carbocycles. The smallest absolute Gasteiger partial charge is 0.224 e. The van der Waals surface area contributed by atoms with Crippen molar-refractivity contribution in [2.45, 2.75) is 32.8 Å². The lowest BCUT2D eigenvalue weighted by atomic mass is 10.0. The van der Waals surface area contributed by atoms with Gasteiger partial charge in [0.2, 0.25) is 5.91 Å². The summed E-state index contributed by atoms with van der Waals surface area (Å²) in [5, 5.41) is 0. The van der Waals surface area contributed by atoms with Gasteiger partial charge in [-0.05, 0) is 38.6 Å². The van der Waals surface area contributed by atoms with E-state index in [1.54, 1.807) is 23.1 Å². The summed E-state index contributed by atoms with van der Waals surface area (Å²) in [6, 6.07) is 5.18. The van der Waals surface area contributed by atoms with E-state index in [1.807, 2.05) is 13.8 Å². The summed E-state index contributed by atoms with van der Waals surface area (Å²) >= 11 is 0. The average Bonchev–Trinajstić information content (AvgIpc) is 2.36. The zero-order valence-corrected chi connectivity index (χ0v) is 12.1. The molecule has 1 amide bonds. The standard InChI is InChI=1S/C15H20N2O3/c1-10(18)17-9-15(2,3)20-14-5-4-11(8-12(14)17)13(19)6-7-16/h4-5,8H,6-7,9,16H2,1-3H3. The van der Waals surface area contributed by atoms with E-state index in [2.05, 4.69) is 0 Å². The van der Waals surface area contributed by atoms with Crippen LogP contribution < -0.4 is 15.4 Å². The van der Waals surface area contributed by atoms with Crippen LogP contribution in [0.1, 0.15) is 37.6 Å². The van der Waals surface area contributed by atoms with Crippen molar-refractivity contribution in [2.75, 3.05) is 18.0 Å². The topological polar surface area (TPSA) is 72.6 Å². The van der Waals surface area contributed by atoms with Crippen molar-refractivity contribution in [1.82, 2.24) is 0 Å². The number of carbonyl (C=O) groups is 2. The normalized spacial score (nSPS) is 16.3. The van der Waals surface area contributed by atoms with Gasteiger partial charge in [-0.3, -0.25) is 9.59 Å². The van der Waals surface area contributed by atoms with Crippen LogP contribution in [-0.4, -0.2) is 30.4 Å². The highest BCUT2D eigenvalue weighted by molar-refractivity contribution is 6.00. The number of nitrogens with zero attached hydrogens (tertiary/aromatic N) is 1. The van der Waals surface area contributed by atoms with Gasteiger partial charge in [0, 0.05) is 18.9 Å². The number of nitrogens with two attached hydrogens (primary N) is 1. The Morgan fingerprint density at radius 1 is 1.40 bits per heavy atom. The summed E-state index contributed by atoms with van der Waals surface area (Å²) in [6.45, 7) is 6.15. The van der Waals surface area contributed by atoms with Crippen molar-refractivity contribution in [3.63, 3.8) is 0 Å². The predicted octanol–water partition coefficient (Wildman–Crippen LogP) is 1.74. The molecular formula is C15H20N2O3. The Balaban J connectivity index is 2.43. The number of rotatable bonds is 3. The second kappa shape index (κ2) is 5.25. The van der Waals surface area contributed by atoms with Crippen LogP contribution in [0.4, 0.5) is 5.69 Å². The Labute approximate surface area is 118 Å². The van der Waals surface area contributed by atoms with Crippen molar-refractivity contribution >= 4 is 17.4 Å². The Morgan fingerprint density at radius 3 is 2.70 bits per heavy atom. The molecule has 0 spiro atoms. The van der Waals surface area contributed by atoms with Crippen LogP contribution in [0.25, 0.3) is 0 Å². The SMILES string of the molecule is CC(=O)N1CC(C)(C)Oc2ccc(C(=O)CCN)cc21. The second-order valence-electron chi connectivity index (χ2n) is 5.61. The number of amides is 1. The van der Waals surface area contributed by atoms with E-state index in [-0.39, 0.29) is 11.7 Å². The van der Waals surface area contributed by atoms with Crippen LogP contribution in [-0.2, 0) is 4.79 Å². The summed E-state index contributed by atoms with van der Waals surface area (Å²) in [6.07, 6.45) is 0.297. The number of benzene rings is 1. The Bertz CT molecular complexity index is 552. The fourth-order valence-corrected chi connectivity index (χ4v) is 2.34. The molecule has 108 valence electrons. The molecule has 1 aromatic rings. The molecule has 1 aliphatic rings. The molecular weight excluding hydrogens is 256 g/mol. The molecule has 0 atom stereocenters. The van der Waals surface area contributed by atoms with Crippen LogP contribution in [0.3, 0.4) is 0 Å². The minimum absolute atomic E-state index is 0.0244. The lowest BCUT2D eigenvalue weighted by molar-refractivity contribution is -0.117. The average molecular weight is 276 g/mol. The number of hydrogen-bond acceptors (Lipinski definition) is 4. The van der Waals surface area contributed by atoms with E-state index < -0.39 is 5.60 Å².